The van der Waals surface area contributed by atoms with Crippen LogP contribution in [0.2, 0.25) is 0 Å². The minimum atomic E-state index is -0.131. The van der Waals surface area contributed by atoms with Gasteiger partial charge in [-0.1, -0.05) is 58.9 Å². The van der Waals surface area contributed by atoms with Gasteiger partial charge in [-0.15, -0.1) is 0 Å². The van der Waals surface area contributed by atoms with E-state index in [0.717, 1.165) is 30.7 Å². The Balaban J connectivity index is 1.44. The molecule has 0 aliphatic carbocycles. The van der Waals surface area contributed by atoms with Crippen molar-refractivity contribution in [3.63, 3.8) is 0 Å². The van der Waals surface area contributed by atoms with Gasteiger partial charge in [-0.3, -0.25) is 4.79 Å². The van der Waals surface area contributed by atoms with Crippen LogP contribution >= 0.6 is 0 Å². The Morgan fingerprint density at radius 1 is 0.853 bits per heavy atom. The molecule has 1 amide bonds. The van der Waals surface area contributed by atoms with Gasteiger partial charge in [0.1, 0.15) is 5.75 Å². The Bertz CT molecular complexity index is 1060. The highest BCUT2D eigenvalue weighted by molar-refractivity contribution is 6.04. The molecule has 0 spiro atoms. The van der Waals surface area contributed by atoms with Crippen LogP contribution in [0.1, 0.15) is 68.9 Å². The molecule has 3 N–H and O–H groups in total. The Labute approximate surface area is 204 Å². The highest BCUT2D eigenvalue weighted by atomic mass is 16.5. The van der Waals surface area contributed by atoms with Crippen molar-refractivity contribution in [2.24, 2.45) is 5.41 Å². The van der Waals surface area contributed by atoms with Crippen molar-refractivity contribution in [1.29, 1.82) is 0 Å². The van der Waals surface area contributed by atoms with Gasteiger partial charge in [-0.25, -0.2) is 0 Å². The van der Waals surface area contributed by atoms with Crippen LogP contribution in [0.3, 0.4) is 0 Å². The lowest BCUT2D eigenvalue weighted by Gasteiger charge is -2.33. The van der Waals surface area contributed by atoms with Gasteiger partial charge >= 0.3 is 0 Å². The average molecular weight is 459 g/mol. The maximum absolute atomic E-state index is 12.4. The number of ether oxygens (including phenoxy) is 1. The van der Waals surface area contributed by atoms with Crippen molar-refractivity contribution in [2.75, 3.05) is 17.7 Å². The van der Waals surface area contributed by atoms with Crippen LogP contribution in [0.15, 0.2) is 72.8 Å². The van der Waals surface area contributed by atoms with Gasteiger partial charge in [-0.2, -0.15) is 0 Å². The topological polar surface area (TPSA) is 64.3 Å². The lowest BCUT2D eigenvalue weighted by molar-refractivity contribution is 0.102. The molecular formula is C30H38N2O2. The fourth-order valence-corrected chi connectivity index (χ4v) is 4.49. The molecule has 0 fully saturated rings. The molecule has 3 aromatic carbocycles. The van der Waals surface area contributed by atoms with E-state index < -0.39 is 0 Å². The summed E-state index contributed by atoms with van der Waals surface area (Å²) in [5.41, 5.74) is 10.7. The molecule has 0 aliphatic rings. The lowest BCUT2D eigenvalue weighted by Crippen LogP contribution is -2.24. The molecule has 0 unspecified atom stereocenters. The van der Waals surface area contributed by atoms with Gasteiger partial charge in [-0.05, 0) is 89.8 Å². The van der Waals surface area contributed by atoms with Crippen LogP contribution in [0, 0.1) is 5.41 Å². The van der Waals surface area contributed by atoms with Crippen LogP contribution in [-0.2, 0) is 11.8 Å². The van der Waals surface area contributed by atoms with Crippen LogP contribution in [0.25, 0.3) is 0 Å². The molecule has 0 radical (unpaired) electrons. The zero-order valence-corrected chi connectivity index (χ0v) is 21.2. The molecule has 3 rings (SSSR count). The first-order valence-electron chi connectivity index (χ1n) is 12.0. The summed E-state index contributed by atoms with van der Waals surface area (Å²) in [5, 5.41) is 2.88. The standard InChI is InChI=1S/C30H38N2O2/c1-29(2,3)21-30(4,5)24-12-18-27(19-13-24)34-20-6-7-22-8-10-23(11-9-22)28(33)32-26-16-14-25(31)15-17-26/h8-19H,6-7,20-21,31H2,1-5H3,(H,32,33). The van der Waals surface area contributed by atoms with Crippen LogP contribution in [0.5, 0.6) is 5.75 Å². The molecule has 0 bridgehead atoms. The third-order valence-corrected chi connectivity index (χ3v) is 5.87. The Hall–Kier alpha value is -3.27. The van der Waals surface area contributed by atoms with Gasteiger partial charge in [0.15, 0.2) is 0 Å². The molecule has 180 valence electrons. The summed E-state index contributed by atoms with van der Waals surface area (Å²) < 4.78 is 5.96. The minimum Gasteiger partial charge on any atom is -0.494 e. The maximum atomic E-state index is 12.4. The molecular weight excluding hydrogens is 420 g/mol. The summed E-state index contributed by atoms with van der Waals surface area (Å²) in [6.45, 7) is 12.1. The highest BCUT2D eigenvalue weighted by Gasteiger charge is 2.27. The van der Waals surface area contributed by atoms with Gasteiger partial charge in [0.25, 0.3) is 5.91 Å². The second-order valence-electron chi connectivity index (χ2n) is 10.9. The third kappa shape index (κ3) is 7.65. The molecule has 3 aromatic rings. The van der Waals surface area contributed by atoms with Crippen molar-refractivity contribution in [2.45, 2.75) is 59.3 Å². The number of nitrogens with one attached hydrogen (secondary N) is 1. The second-order valence-corrected chi connectivity index (χ2v) is 10.9. The molecule has 0 atom stereocenters. The fourth-order valence-electron chi connectivity index (χ4n) is 4.49. The normalized spacial score (nSPS) is 11.8. The minimum absolute atomic E-state index is 0.131. The van der Waals surface area contributed by atoms with Crippen molar-refractivity contribution in [3.8, 4) is 5.75 Å². The zero-order valence-electron chi connectivity index (χ0n) is 21.2. The Kier molecular flexibility index (Phi) is 8.03. The molecule has 0 aliphatic heterocycles. The number of nitrogens with two attached hydrogens (primary N) is 1. The van der Waals surface area contributed by atoms with Crippen LogP contribution < -0.4 is 15.8 Å². The summed E-state index contributed by atoms with van der Waals surface area (Å²) in [5.74, 6) is 0.777. The Morgan fingerprint density at radius 2 is 1.47 bits per heavy atom. The van der Waals surface area contributed by atoms with Gasteiger partial charge < -0.3 is 15.8 Å². The van der Waals surface area contributed by atoms with Gasteiger partial charge in [0.2, 0.25) is 0 Å². The smallest absolute Gasteiger partial charge is 0.255 e. The van der Waals surface area contributed by atoms with Crippen LogP contribution in [-0.4, -0.2) is 12.5 Å². The number of hydrogen-bond donors (Lipinski definition) is 2. The van der Waals surface area contributed by atoms with Crippen molar-refractivity contribution >= 4 is 17.3 Å². The average Bonchev–Trinajstić information content (AvgIpc) is 2.77. The lowest BCUT2D eigenvalue weighted by atomic mass is 9.72. The van der Waals surface area contributed by atoms with E-state index in [1.165, 1.54) is 11.1 Å². The second kappa shape index (κ2) is 10.8. The number of anilines is 2. The first-order chi connectivity index (χ1) is 16.0. The number of aryl methyl sites for hydroxylation is 1. The largest absolute Gasteiger partial charge is 0.494 e. The maximum Gasteiger partial charge on any atom is 0.255 e. The highest BCUT2D eigenvalue weighted by Crippen LogP contribution is 2.36. The summed E-state index contributed by atoms with van der Waals surface area (Å²) >= 11 is 0. The molecule has 34 heavy (non-hydrogen) atoms. The zero-order chi connectivity index (χ0) is 24.8. The van der Waals surface area contributed by atoms with E-state index in [0.29, 0.717) is 17.9 Å². The number of hydrogen-bond acceptors (Lipinski definition) is 3. The van der Waals surface area contributed by atoms with Crippen LogP contribution in [0.4, 0.5) is 11.4 Å². The summed E-state index contributed by atoms with van der Waals surface area (Å²) in [7, 11) is 0. The van der Waals surface area contributed by atoms with E-state index in [4.69, 9.17) is 10.5 Å². The molecule has 0 saturated heterocycles. The van der Waals surface area contributed by atoms with E-state index in [1.54, 1.807) is 24.3 Å². The van der Waals surface area contributed by atoms with E-state index in [2.05, 4.69) is 64.2 Å². The number of nitrogen functional groups attached to an aromatic ring is 1. The van der Waals surface area contributed by atoms with Gasteiger partial charge in [0.05, 0.1) is 6.61 Å². The van der Waals surface area contributed by atoms with E-state index in [9.17, 15) is 4.79 Å². The number of carbonyl (C=O) groups excluding carboxylic acids is 1. The Morgan fingerprint density at radius 3 is 2.06 bits per heavy atom. The molecule has 0 heterocycles. The number of rotatable bonds is 9. The first kappa shape index (κ1) is 25.4. The molecule has 0 saturated carbocycles. The summed E-state index contributed by atoms with van der Waals surface area (Å²) in [6, 6.07) is 23.4. The first-order valence-corrected chi connectivity index (χ1v) is 12.0. The molecule has 4 heteroatoms. The molecule has 0 aromatic heterocycles. The van der Waals surface area contributed by atoms with E-state index in [1.807, 2.05) is 24.3 Å². The SMILES string of the molecule is CC(C)(C)CC(C)(C)c1ccc(OCCCc2ccc(C(=O)Nc3ccc(N)cc3)cc2)cc1. The van der Waals surface area contributed by atoms with Crippen molar-refractivity contribution in [1.82, 2.24) is 0 Å². The number of amides is 1. The predicted octanol–water partition coefficient (Wildman–Crippen LogP) is 7.25. The monoisotopic (exact) mass is 458 g/mol. The number of carbonyl (C=O) groups is 1. The van der Waals surface area contributed by atoms with Gasteiger partial charge in [0, 0.05) is 16.9 Å². The molecule has 4 nitrogen and oxygen atoms in total. The predicted molar refractivity (Wildman–Crippen MR) is 143 cm³/mol. The third-order valence-electron chi connectivity index (χ3n) is 5.87. The van der Waals surface area contributed by atoms with E-state index in [-0.39, 0.29) is 16.7 Å². The van der Waals surface area contributed by atoms with Crippen molar-refractivity contribution < 1.29 is 9.53 Å². The van der Waals surface area contributed by atoms with Crippen molar-refractivity contribution in [3.05, 3.63) is 89.5 Å². The summed E-state index contributed by atoms with van der Waals surface area (Å²) in [4.78, 5) is 12.4. The fraction of sp³-hybridized carbons (Fsp3) is 0.367. The van der Waals surface area contributed by atoms with E-state index >= 15 is 0 Å². The summed E-state index contributed by atoms with van der Waals surface area (Å²) in [6.07, 6.45) is 2.94. The quantitative estimate of drug-likeness (QED) is 0.262. The number of benzene rings is 3.